The topological polar surface area (TPSA) is 38.9 Å². The first kappa shape index (κ1) is 11.7. The molecule has 2 N–H and O–H groups in total. The minimum atomic E-state index is -0.285. The van der Waals surface area contributed by atoms with Crippen molar-refractivity contribution in [3.8, 4) is 0 Å². The minimum absolute atomic E-state index is 0.123. The molecule has 1 aromatic carbocycles. The fraction of sp³-hybridized carbons (Fsp3) is 0.250. The first-order valence-electron chi connectivity index (χ1n) is 5.01. The third-order valence-electron chi connectivity index (χ3n) is 2.48. The highest BCUT2D eigenvalue weighted by Crippen LogP contribution is 2.26. The van der Waals surface area contributed by atoms with Crippen molar-refractivity contribution in [1.82, 2.24) is 4.98 Å². The summed E-state index contributed by atoms with van der Waals surface area (Å²) in [5, 5.41) is 0.810. The SMILES string of the molecule is Cc1cc(C(C)N)c2cc(I)cc(F)c2n1. The molecular formula is C12H12FIN2. The lowest BCUT2D eigenvalue weighted by molar-refractivity contribution is 0.635. The standard InChI is InChI=1S/C12H12FIN2/c1-6-3-9(7(2)15)10-4-8(14)5-11(13)12(10)16-6/h3-5,7H,15H2,1-2H3. The molecule has 0 bridgehead atoms. The molecule has 4 heteroatoms. The number of nitrogens with zero attached hydrogens (tertiary/aromatic N) is 1. The van der Waals surface area contributed by atoms with Crippen molar-refractivity contribution in [2.45, 2.75) is 19.9 Å². The maximum atomic E-state index is 13.8. The fourth-order valence-electron chi connectivity index (χ4n) is 1.79. The van der Waals surface area contributed by atoms with Crippen molar-refractivity contribution in [1.29, 1.82) is 0 Å². The molecule has 1 unspecified atom stereocenters. The number of aryl methyl sites for hydroxylation is 1. The summed E-state index contributed by atoms with van der Waals surface area (Å²) in [7, 11) is 0. The Kier molecular flexibility index (Phi) is 3.12. The molecule has 0 spiro atoms. The summed E-state index contributed by atoms with van der Waals surface area (Å²) in [5.74, 6) is -0.285. The van der Waals surface area contributed by atoms with Crippen LogP contribution in [0.2, 0.25) is 0 Å². The van der Waals surface area contributed by atoms with Gasteiger partial charge in [-0.25, -0.2) is 4.39 Å². The fourth-order valence-corrected chi connectivity index (χ4v) is 2.37. The van der Waals surface area contributed by atoms with Gasteiger partial charge in [-0.15, -0.1) is 0 Å². The lowest BCUT2D eigenvalue weighted by Gasteiger charge is -2.11. The second-order valence-corrected chi connectivity index (χ2v) is 5.17. The Labute approximate surface area is 107 Å². The molecule has 0 fully saturated rings. The summed E-state index contributed by atoms with van der Waals surface area (Å²) >= 11 is 2.09. The molecule has 0 amide bonds. The van der Waals surface area contributed by atoms with E-state index in [-0.39, 0.29) is 11.9 Å². The largest absolute Gasteiger partial charge is 0.324 e. The second kappa shape index (κ2) is 4.25. The molecule has 2 rings (SSSR count). The van der Waals surface area contributed by atoms with Crippen molar-refractivity contribution in [3.63, 3.8) is 0 Å². The quantitative estimate of drug-likeness (QED) is 0.815. The second-order valence-electron chi connectivity index (χ2n) is 3.93. The van der Waals surface area contributed by atoms with Gasteiger partial charge in [-0.2, -0.15) is 0 Å². The first-order chi connectivity index (χ1) is 7.49. The molecule has 1 heterocycles. The van der Waals surface area contributed by atoms with Crippen LogP contribution in [0, 0.1) is 16.3 Å². The number of pyridine rings is 1. The molecule has 0 aliphatic heterocycles. The van der Waals surface area contributed by atoms with Crippen LogP contribution in [-0.4, -0.2) is 4.98 Å². The van der Waals surface area contributed by atoms with E-state index in [0.717, 1.165) is 20.2 Å². The van der Waals surface area contributed by atoms with Crippen LogP contribution >= 0.6 is 22.6 Å². The van der Waals surface area contributed by atoms with Crippen LogP contribution in [0.4, 0.5) is 4.39 Å². The third kappa shape index (κ3) is 2.04. The Morgan fingerprint density at radius 3 is 2.69 bits per heavy atom. The molecule has 0 radical (unpaired) electrons. The smallest absolute Gasteiger partial charge is 0.150 e. The Hall–Kier alpha value is -0.750. The van der Waals surface area contributed by atoms with Gasteiger partial charge < -0.3 is 5.73 Å². The highest BCUT2D eigenvalue weighted by atomic mass is 127. The van der Waals surface area contributed by atoms with E-state index in [0.29, 0.717) is 5.52 Å². The van der Waals surface area contributed by atoms with Gasteiger partial charge in [0.1, 0.15) is 11.3 Å². The van der Waals surface area contributed by atoms with Gasteiger partial charge in [0.2, 0.25) is 0 Å². The zero-order valence-electron chi connectivity index (χ0n) is 9.09. The molecular weight excluding hydrogens is 318 g/mol. The average Bonchev–Trinajstić information content (AvgIpc) is 2.18. The number of rotatable bonds is 1. The zero-order chi connectivity index (χ0) is 11.9. The predicted molar refractivity (Wildman–Crippen MR) is 71.8 cm³/mol. The van der Waals surface area contributed by atoms with Crippen molar-refractivity contribution < 1.29 is 4.39 Å². The number of nitrogens with two attached hydrogens (primary N) is 1. The van der Waals surface area contributed by atoms with Crippen LogP contribution in [0.15, 0.2) is 18.2 Å². The number of halogens is 2. The molecule has 0 aliphatic carbocycles. The number of fused-ring (bicyclic) bond motifs is 1. The lowest BCUT2D eigenvalue weighted by atomic mass is 10.0. The summed E-state index contributed by atoms with van der Waals surface area (Å²) in [6.45, 7) is 3.74. The van der Waals surface area contributed by atoms with Crippen LogP contribution in [0.1, 0.15) is 24.2 Å². The van der Waals surface area contributed by atoms with E-state index in [1.807, 2.05) is 26.0 Å². The maximum Gasteiger partial charge on any atom is 0.150 e. The Morgan fingerprint density at radius 1 is 1.38 bits per heavy atom. The molecule has 1 atom stereocenters. The average molecular weight is 330 g/mol. The van der Waals surface area contributed by atoms with E-state index in [1.54, 1.807) is 0 Å². The van der Waals surface area contributed by atoms with Crippen LogP contribution in [0.5, 0.6) is 0 Å². The van der Waals surface area contributed by atoms with E-state index in [2.05, 4.69) is 27.6 Å². The summed E-state index contributed by atoms with van der Waals surface area (Å²) in [4.78, 5) is 4.23. The summed E-state index contributed by atoms with van der Waals surface area (Å²) in [6, 6.07) is 5.20. The van der Waals surface area contributed by atoms with Gasteiger partial charge in [-0.05, 0) is 60.2 Å². The molecule has 2 aromatic rings. The van der Waals surface area contributed by atoms with E-state index < -0.39 is 0 Å². The van der Waals surface area contributed by atoms with Gasteiger partial charge in [0.05, 0.1) is 0 Å². The van der Waals surface area contributed by atoms with Crippen molar-refractivity contribution in [2.24, 2.45) is 5.73 Å². The van der Waals surface area contributed by atoms with Gasteiger partial charge in [0.15, 0.2) is 0 Å². The molecule has 0 aliphatic rings. The van der Waals surface area contributed by atoms with Crippen LogP contribution in [-0.2, 0) is 0 Å². The van der Waals surface area contributed by atoms with Crippen molar-refractivity contribution in [3.05, 3.63) is 38.8 Å². The first-order valence-corrected chi connectivity index (χ1v) is 6.09. The molecule has 0 saturated carbocycles. The number of hydrogen-bond acceptors (Lipinski definition) is 2. The molecule has 2 nitrogen and oxygen atoms in total. The lowest BCUT2D eigenvalue weighted by Crippen LogP contribution is -2.07. The van der Waals surface area contributed by atoms with Crippen LogP contribution in [0.3, 0.4) is 0 Å². The molecule has 84 valence electrons. The van der Waals surface area contributed by atoms with Gasteiger partial charge in [0.25, 0.3) is 0 Å². The van der Waals surface area contributed by atoms with Gasteiger partial charge >= 0.3 is 0 Å². The number of hydrogen-bond donors (Lipinski definition) is 1. The van der Waals surface area contributed by atoms with E-state index in [1.165, 1.54) is 6.07 Å². The van der Waals surface area contributed by atoms with Crippen LogP contribution < -0.4 is 5.73 Å². The Morgan fingerprint density at radius 2 is 2.06 bits per heavy atom. The highest BCUT2D eigenvalue weighted by molar-refractivity contribution is 14.1. The highest BCUT2D eigenvalue weighted by Gasteiger charge is 2.11. The van der Waals surface area contributed by atoms with Crippen molar-refractivity contribution in [2.75, 3.05) is 0 Å². The maximum absolute atomic E-state index is 13.8. The predicted octanol–water partition coefficient (Wildman–Crippen LogP) is 3.31. The van der Waals surface area contributed by atoms with Gasteiger partial charge in [-0.1, -0.05) is 0 Å². The monoisotopic (exact) mass is 330 g/mol. The van der Waals surface area contributed by atoms with Gasteiger partial charge in [-0.3, -0.25) is 4.98 Å². The normalized spacial score (nSPS) is 13.1. The molecule has 16 heavy (non-hydrogen) atoms. The van der Waals surface area contributed by atoms with Gasteiger partial charge in [0, 0.05) is 20.7 Å². The molecule has 0 saturated heterocycles. The minimum Gasteiger partial charge on any atom is -0.324 e. The van der Waals surface area contributed by atoms with Crippen LogP contribution in [0.25, 0.3) is 10.9 Å². The third-order valence-corrected chi connectivity index (χ3v) is 3.11. The van der Waals surface area contributed by atoms with E-state index in [9.17, 15) is 4.39 Å². The zero-order valence-corrected chi connectivity index (χ0v) is 11.2. The summed E-state index contributed by atoms with van der Waals surface area (Å²) < 4.78 is 14.6. The van der Waals surface area contributed by atoms with E-state index in [4.69, 9.17) is 5.73 Å². The number of benzene rings is 1. The Balaban J connectivity index is 2.89. The molecule has 1 aromatic heterocycles. The van der Waals surface area contributed by atoms with E-state index >= 15 is 0 Å². The number of aromatic nitrogens is 1. The summed E-state index contributed by atoms with van der Waals surface area (Å²) in [6.07, 6.45) is 0. The summed E-state index contributed by atoms with van der Waals surface area (Å²) in [5.41, 5.74) is 8.04. The van der Waals surface area contributed by atoms with Crippen molar-refractivity contribution >= 4 is 33.5 Å². The Bertz CT molecular complexity index is 552.